The molecule has 0 fully saturated rings. The van der Waals surface area contributed by atoms with Crippen molar-refractivity contribution in [2.24, 2.45) is 0 Å². The van der Waals surface area contributed by atoms with E-state index < -0.39 is 0 Å². The third-order valence-corrected chi connectivity index (χ3v) is 2.38. The number of hydrogen-bond acceptors (Lipinski definition) is 4. The van der Waals surface area contributed by atoms with Gasteiger partial charge in [0.1, 0.15) is 6.61 Å². The van der Waals surface area contributed by atoms with Gasteiger partial charge in [-0.1, -0.05) is 19.8 Å². The van der Waals surface area contributed by atoms with E-state index in [9.17, 15) is 0 Å². The molecule has 4 heteroatoms. The summed E-state index contributed by atoms with van der Waals surface area (Å²) in [5, 5.41) is 3.33. The fraction of sp³-hybridized carbons (Fsp3) is 0.615. The van der Waals surface area contributed by atoms with Gasteiger partial charge in [0.25, 0.3) is 0 Å². The highest BCUT2D eigenvalue weighted by Gasteiger charge is 1.96. The highest BCUT2D eigenvalue weighted by atomic mass is 16.5. The Morgan fingerprint density at radius 2 is 2.12 bits per heavy atom. The Morgan fingerprint density at radius 3 is 2.76 bits per heavy atom. The fourth-order valence-electron chi connectivity index (χ4n) is 1.41. The molecule has 1 heterocycles. The van der Waals surface area contributed by atoms with Crippen LogP contribution in [0.3, 0.4) is 0 Å². The molecular formula is C13H22N2O2. The minimum absolute atomic E-state index is 0.534. The Hall–Kier alpha value is -1.29. The normalized spacial score (nSPS) is 10.2. The SMILES string of the molecule is CCCCCNc1ccc(OCCOC)nc1. The van der Waals surface area contributed by atoms with Crippen molar-refractivity contribution in [2.45, 2.75) is 26.2 Å². The lowest BCUT2D eigenvalue weighted by Crippen LogP contribution is -2.06. The van der Waals surface area contributed by atoms with E-state index in [4.69, 9.17) is 9.47 Å². The molecule has 0 spiro atoms. The topological polar surface area (TPSA) is 43.4 Å². The van der Waals surface area contributed by atoms with Crippen LogP contribution in [0.25, 0.3) is 0 Å². The summed E-state index contributed by atoms with van der Waals surface area (Å²) in [6, 6.07) is 3.86. The summed E-state index contributed by atoms with van der Waals surface area (Å²) in [5.74, 6) is 0.640. The van der Waals surface area contributed by atoms with Crippen LogP contribution in [0, 0.1) is 0 Å². The molecule has 1 aromatic rings. The summed E-state index contributed by atoms with van der Waals surface area (Å²) in [6.45, 7) is 4.32. The van der Waals surface area contributed by atoms with Crippen molar-refractivity contribution in [3.05, 3.63) is 18.3 Å². The quantitative estimate of drug-likeness (QED) is 0.672. The van der Waals surface area contributed by atoms with Crippen molar-refractivity contribution in [3.63, 3.8) is 0 Å². The number of nitrogens with one attached hydrogen (secondary N) is 1. The molecular weight excluding hydrogens is 216 g/mol. The highest BCUT2D eigenvalue weighted by Crippen LogP contribution is 2.11. The Kier molecular flexibility index (Phi) is 7.14. The zero-order valence-corrected chi connectivity index (χ0v) is 10.7. The third kappa shape index (κ3) is 6.12. The highest BCUT2D eigenvalue weighted by molar-refractivity contribution is 5.41. The number of rotatable bonds is 9. The number of unbranched alkanes of at least 4 members (excludes halogenated alkanes) is 2. The molecule has 0 atom stereocenters. The van der Waals surface area contributed by atoms with Gasteiger partial charge in [-0.25, -0.2) is 4.98 Å². The average Bonchev–Trinajstić information content (AvgIpc) is 2.37. The summed E-state index contributed by atoms with van der Waals surface area (Å²) in [6.07, 6.45) is 5.50. The summed E-state index contributed by atoms with van der Waals surface area (Å²) in [4.78, 5) is 4.21. The molecule has 0 aliphatic heterocycles. The van der Waals surface area contributed by atoms with Crippen LogP contribution < -0.4 is 10.1 Å². The number of pyridine rings is 1. The van der Waals surface area contributed by atoms with Gasteiger partial charge in [-0.3, -0.25) is 0 Å². The van der Waals surface area contributed by atoms with Gasteiger partial charge in [-0.2, -0.15) is 0 Å². The van der Waals surface area contributed by atoms with Crippen molar-refractivity contribution in [2.75, 3.05) is 32.2 Å². The third-order valence-electron chi connectivity index (χ3n) is 2.38. The first-order valence-corrected chi connectivity index (χ1v) is 6.18. The van der Waals surface area contributed by atoms with Crippen LogP contribution in [0.15, 0.2) is 18.3 Å². The molecule has 17 heavy (non-hydrogen) atoms. The molecule has 0 radical (unpaired) electrons. The Balaban J connectivity index is 2.24. The van der Waals surface area contributed by atoms with Gasteiger partial charge >= 0.3 is 0 Å². The van der Waals surface area contributed by atoms with Crippen LogP contribution in [-0.4, -0.2) is 31.9 Å². The van der Waals surface area contributed by atoms with Gasteiger partial charge in [-0.15, -0.1) is 0 Å². The maximum atomic E-state index is 5.38. The lowest BCUT2D eigenvalue weighted by Gasteiger charge is -2.07. The minimum atomic E-state index is 0.534. The zero-order chi connectivity index (χ0) is 12.3. The van der Waals surface area contributed by atoms with Crippen LogP contribution in [0.5, 0.6) is 5.88 Å². The Morgan fingerprint density at radius 1 is 1.24 bits per heavy atom. The smallest absolute Gasteiger partial charge is 0.213 e. The fourth-order valence-corrected chi connectivity index (χ4v) is 1.41. The zero-order valence-electron chi connectivity index (χ0n) is 10.7. The standard InChI is InChI=1S/C13H22N2O2/c1-3-4-5-8-14-12-6-7-13(15-11-12)17-10-9-16-2/h6-7,11,14H,3-5,8-10H2,1-2H3. The van der Waals surface area contributed by atoms with Crippen molar-refractivity contribution in [1.82, 2.24) is 4.98 Å². The summed E-state index contributed by atoms with van der Waals surface area (Å²) >= 11 is 0. The van der Waals surface area contributed by atoms with Crippen LogP contribution in [0.1, 0.15) is 26.2 Å². The average molecular weight is 238 g/mol. The second kappa shape index (κ2) is 8.82. The molecule has 0 aliphatic carbocycles. The number of hydrogen-bond donors (Lipinski definition) is 1. The van der Waals surface area contributed by atoms with E-state index in [2.05, 4.69) is 17.2 Å². The minimum Gasteiger partial charge on any atom is -0.475 e. The van der Waals surface area contributed by atoms with Crippen LogP contribution in [0.4, 0.5) is 5.69 Å². The maximum Gasteiger partial charge on any atom is 0.213 e. The molecule has 1 rings (SSSR count). The summed E-state index contributed by atoms with van der Waals surface area (Å²) in [5.41, 5.74) is 1.04. The molecule has 96 valence electrons. The molecule has 0 saturated heterocycles. The molecule has 0 aliphatic rings. The molecule has 1 N–H and O–H groups in total. The first-order chi connectivity index (χ1) is 8.36. The van der Waals surface area contributed by atoms with Gasteiger partial charge in [-0.05, 0) is 12.5 Å². The number of nitrogens with zero attached hydrogens (tertiary/aromatic N) is 1. The van der Waals surface area contributed by atoms with Crippen molar-refractivity contribution >= 4 is 5.69 Å². The first kappa shape index (κ1) is 13.8. The molecule has 0 bridgehead atoms. The summed E-state index contributed by atoms with van der Waals surface area (Å²) in [7, 11) is 1.65. The van der Waals surface area contributed by atoms with Gasteiger partial charge in [0, 0.05) is 19.7 Å². The van der Waals surface area contributed by atoms with Crippen LogP contribution >= 0.6 is 0 Å². The van der Waals surface area contributed by atoms with Crippen molar-refractivity contribution in [3.8, 4) is 5.88 Å². The predicted octanol–water partition coefficient (Wildman–Crippen LogP) is 2.71. The molecule has 0 aromatic carbocycles. The lowest BCUT2D eigenvalue weighted by molar-refractivity contribution is 0.144. The number of methoxy groups -OCH3 is 1. The molecule has 0 saturated carbocycles. The van der Waals surface area contributed by atoms with E-state index in [1.807, 2.05) is 12.1 Å². The van der Waals surface area contributed by atoms with Gasteiger partial charge < -0.3 is 14.8 Å². The van der Waals surface area contributed by atoms with Gasteiger partial charge in [0.15, 0.2) is 0 Å². The van der Waals surface area contributed by atoms with Crippen LogP contribution in [0.2, 0.25) is 0 Å². The van der Waals surface area contributed by atoms with Gasteiger partial charge in [0.2, 0.25) is 5.88 Å². The Labute approximate surface area is 103 Å². The van der Waals surface area contributed by atoms with Crippen molar-refractivity contribution < 1.29 is 9.47 Å². The van der Waals surface area contributed by atoms with Gasteiger partial charge in [0.05, 0.1) is 18.5 Å². The largest absolute Gasteiger partial charge is 0.475 e. The summed E-state index contributed by atoms with van der Waals surface area (Å²) < 4.78 is 10.3. The van der Waals surface area contributed by atoms with E-state index in [-0.39, 0.29) is 0 Å². The number of aromatic nitrogens is 1. The van der Waals surface area contributed by atoms with E-state index in [1.54, 1.807) is 13.3 Å². The molecule has 0 unspecified atom stereocenters. The molecule has 1 aromatic heterocycles. The van der Waals surface area contributed by atoms with Crippen LogP contribution in [-0.2, 0) is 4.74 Å². The van der Waals surface area contributed by atoms with E-state index in [1.165, 1.54) is 19.3 Å². The molecule has 4 nitrogen and oxygen atoms in total. The second-order valence-corrected chi connectivity index (χ2v) is 3.86. The van der Waals surface area contributed by atoms with E-state index in [0.29, 0.717) is 19.1 Å². The monoisotopic (exact) mass is 238 g/mol. The van der Waals surface area contributed by atoms with Crippen molar-refractivity contribution in [1.29, 1.82) is 0 Å². The maximum absolute atomic E-state index is 5.38. The predicted molar refractivity (Wildman–Crippen MR) is 69.6 cm³/mol. The molecule has 0 amide bonds. The van der Waals surface area contributed by atoms with E-state index in [0.717, 1.165) is 12.2 Å². The Bertz CT molecular complexity index is 288. The first-order valence-electron chi connectivity index (χ1n) is 6.18. The number of ether oxygens (including phenoxy) is 2. The lowest BCUT2D eigenvalue weighted by atomic mass is 10.2. The number of anilines is 1. The van der Waals surface area contributed by atoms with E-state index >= 15 is 0 Å². The second-order valence-electron chi connectivity index (χ2n) is 3.86.